The number of halogens is 2. The number of hydrogen-bond acceptors (Lipinski definition) is 4. The van der Waals surface area contributed by atoms with Crippen molar-refractivity contribution in [2.24, 2.45) is 28.6 Å². The third-order valence-corrected chi connectivity index (χ3v) is 10.4. The normalized spacial score (nSPS) is 50.5. The number of fused-ring (bicyclic) bond motifs is 5. The van der Waals surface area contributed by atoms with Crippen LogP contribution in [0.15, 0.2) is 11.6 Å². The lowest BCUT2D eigenvalue weighted by molar-refractivity contribution is -0.159. The first-order valence-electron chi connectivity index (χ1n) is 10.3. The quantitative estimate of drug-likeness (QED) is 0.537. The summed E-state index contributed by atoms with van der Waals surface area (Å²) in [6.45, 7) is 5.88. The van der Waals surface area contributed by atoms with Crippen molar-refractivity contribution in [1.29, 1.82) is 0 Å². The first-order valence-corrected chi connectivity index (χ1v) is 11.2. The molecular formula is C22H28Cl2O4. The van der Waals surface area contributed by atoms with Gasteiger partial charge in [-0.2, -0.15) is 0 Å². The van der Waals surface area contributed by atoms with Crippen LogP contribution in [-0.4, -0.2) is 38.8 Å². The molecule has 154 valence electrons. The maximum absolute atomic E-state index is 12.6. The third kappa shape index (κ3) is 2.15. The van der Waals surface area contributed by atoms with Crippen LogP contribution < -0.4 is 0 Å². The van der Waals surface area contributed by atoms with Crippen molar-refractivity contribution >= 4 is 40.6 Å². The Morgan fingerprint density at radius 2 is 1.86 bits per heavy atom. The summed E-state index contributed by atoms with van der Waals surface area (Å²) in [5.74, 6) is -1.55. The second-order valence-electron chi connectivity index (χ2n) is 9.81. The van der Waals surface area contributed by atoms with Crippen LogP contribution in [0.5, 0.6) is 0 Å². The van der Waals surface area contributed by atoms with Crippen molar-refractivity contribution in [3.8, 4) is 0 Å². The van der Waals surface area contributed by atoms with Gasteiger partial charge in [-0.15, -0.1) is 23.2 Å². The smallest absolute Gasteiger partial charge is 0.221 e. The van der Waals surface area contributed by atoms with Gasteiger partial charge in [0, 0.05) is 16.7 Å². The largest absolute Gasteiger partial charge is 0.381 e. The number of aliphatic hydroxyl groups is 1. The standard InChI is InChI=1S/C22H28Cl2O4/c1-12-18(27)16(25)10-13-4-5-15-14-6-7-22(28,17(26)11-23)19(14,2)8-9-21(15,24)20(12,13)3/h10,12,14-15,28H,4-9,11H2,1-3H3/t12?,14-,15-,19-,20-,21+,22-/m0/s1. The second kappa shape index (κ2) is 6.15. The summed E-state index contributed by atoms with van der Waals surface area (Å²) in [4.78, 5) is 36.6. The van der Waals surface area contributed by atoms with Crippen LogP contribution in [0.2, 0.25) is 0 Å². The van der Waals surface area contributed by atoms with Gasteiger partial charge >= 0.3 is 0 Å². The first kappa shape index (κ1) is 20.6. The number of allylic oxidation sites excluding steroid dienone is 1. The van der Waals surface area contributed by atoms with E-state index in [0.717, 1.165) is 24.8 Å². The summed E-state index contributed by atoms with van der Waals surface area (Å²) in [6.07, 6.45) is 5.41. The van der Waals surface area contributed by atoms with Gasteiger partial charge in [0.25, 0.3) is 0 Å². The molecule has 3 fully saturated rings. The van der Waals surface area contributed by atoms with Crippen LogP contribution in [0, 0.1) is 28.6 Å². The summed E-state index contributed by atoms with van der Waals surface area (Å²) in [7, 11) is 0. The molecule has 6 heteroatoms. The van der Waals surface area contributed by atoms with Gasteiger partial charge < -0.3 is 5.11 Å². The highest BCUT2D eigenvalue weighted by Gasteiger charge is 2.71. The Hall–Kier alpha value is -0.710. The SMILES string of the molecule is CC1C(=O)C(=O)C=C2CC[C@H]3[C@@H]4CC[C@](O)(C(=O)CCl)[C@@]4(C)CC[C@]3(Cl)[C@]21C. The average Bonchev–Trinajstić information content (AvgIpc) is 2.94. The molecule has 4 rings (SSSR count). The second-order valence-corrected chi connectivity index (χ2v) is 10.8. The molecule has 1 unspecified atom stereocenters. The van der Waals surface area contributed by atoms with E-state index >= 15 is 0 Å². The average molecular weight is 427 g/mol. The van der Waals surface area contributed by atoms with Crippen molar-refractivity contribution in [3.05, 3.63) is 11.6 Å². The number of ketones is 3. The Labute approximate surface area is 176 Å². The minimum absolute atomic E-state index is 0.0793. The number of rotatable bonds is 2. The van der Waals surface area contributed by atoms with E-state index < -0.39 is 33.0 Å². The van der Waals surface area contributed by atoms with E-state index in [1.807, 2.05) is 20.8 Å². The minimum atomic E-state index is -1.40. The Morgan fingerprint density at radius 1 is 1.18 bits per heavy atom. The third-order valence-electron chi connectivity index (χ3n) is 9.31. The van der Waals surface area contributed by atoms with Gasteiger partial charge in [-0.1, -0.05) is 26.3 Å². The van der Waals surface area contributed by atoms with Gasteiger partial charge in [-0.05, 0) is 56.4 Å². The Kier molecular flexibility index (Phi) is 4.52. The molecule has 7 atom stereocenters. The highest BCUT2D eigenvalue weighted by molar-refractivity contribution is 6.43. The van der Waals surface area contributed by atoms with Crippen molar-refractivity contribution in [2.75, 3.05) is 5.88 Å². The van der Waals surface area contributed by atoms with Crippen molar-refractivity contribution in [2.45, 2.75) is 69.8 Å². The molecule has 0 bridgehead atoms. The molecule has 28 heavy (non-hydrogen) atoms. The van der Waals surface area contributed by atoms with Crippen LogP contribution in [0.4, 0.5) is 0 Å². The van der Waals surface area contributed by atoms with Crippen LogP contribution >= 0.6 is 23.2 Å². The fourth-order valence-electron chi connectivity index (χ4n) is 7.30. The number of carbonyl (C=O) groups excluding carboxylic acids is 3. The molecule has 4 aliphatic carbocycles. The maximum atomic E-state index is 12.6. The molecule has 0 spiro atoms. The zero-order chi connectivity index (χ0) is 20.7. The zero-order valence-corrected chi connectivity index (χ0v) is 18.2. The van der Waals surface area contributed by atoms with Gasteiger partial charge in [0.15, 0.2) is 5.78 Å². The van der Waals surface area contributed by atoms with Crippen LogP contribution in [-0.2, 0) is 14.4 Å². The number of carbonyl (C=O) groups is 3. The monoisotopic (exact) mass is 426 g/mol. The Balaban J connectivity index is 1.79. The van der Waals surface area contributed by atoms with Crippen molar-refractivity contribution in [1.82, 2.24) is 0 Å². The summed E-state index contributed by atoms with van der Waals surface area (Å²) in [5, 5.41) is 11.3. The molecule has 0 heterocycles. The lowest BCUT2D eigenvalue weighted by Gasteiger charge is -2.64. The maximum Gasteiger partial charge on any atom is 0.221 e. The van der Waals surface area contributed by atoms with Crippen LogP contribution in [0.1, 0.15) is 59.3 Å². The molecule has 3 saturated carbocycles. The van der Waals surface area contributed by atoms with Gasteiger partial charge in [-0.25, -0.2) is 0 Å². The van der Waals surface area contributed by atoms with Crippen molar-refractivity contribution in [3.63, 3.8) is 0 Å². The van der Waals surface area contributed by atoms with Gasteiger partial charge in [0.05, 0.1) is 10.8 Å². The van der Waals surface area contributed by atoms with E-state index in [9.17, 15) is 19.5 Å². The summed E-state index contributed by atoms with van der Waals surface area (Å²) < 4.78 is 0. The van der Waals surface area contributed by atoms with Gasteiger partial charge in [0.1, 0.15) is 5.60 Å². The topological polar surface area (TPSA) is 71.4 Å². The lowest BCUT2D eigenvalue weighted by Crippen LogP contribution is -2.65. The predicted octanol–water partition coefficient (Wildman–Crippen LogP) is 3.84. The molecule has 0 saturated heterocycles. The molecule has 0 radical (unpaired) electrons. The minimum Gasteiger partial charge on any atom is -0.381 e. The zero-order valence-electron chi connectivity index (χ0n) is 16.7. The molecule has 4 aliphatic rings. The number of hydrogen-bond donors (Lipinski definition) is 1. The van der Waals surface area contributed by atoms with Gasteiger partial charge in [0.2, 0.25) is 11.6 Å². The summed E-state index contributed by atoms with van der Waals surface area (Å²) >= 11 is 13.3. The van der Waals surface area contributed by atoms with E-state index in [1.165, 1.54) is 6.08 Å². The summed E-state index contributed by atoms with van der Waals surface area (Å²) in [5.41, 5.74) is -1.55. The van der Waals surface area contributed by atoms with Crippen LogP contribution in [0.3, 0.4) is 0 Å². The fourth-order valence-corrected chi connectivity index (χ4v) is 8.17. The highest BCUT2D eigenvalue weighted by Crippen LogP contribution is 2.71. The predicted molar refractivity (Wildman–Crippen MR) is 107 cm³/mol. The molecule has 0 aliphatic heterocycles. The van der Waals surface area contributed by atoms with Crippen molar-refractivity contribution < 1.29 is 19.5 Å². The molecule has 4 nitrogen and oxygen atoms in total. The van der Waals surface area contributed by atoms with Crippen LogP contribution in [0.25, 0.3) is 0 Å². The number of Topliss-reactive ketones (excluding diaryl/α,β-unsaturated/α-hetero) is 2. The van der Waals surface area contributed by atoms with Gasteiger partial charge in [-0.3, -0.25) is 14.4 Å². The summed E-state index contributed by atoms with van der Waals surface area (Å²) in [6, 6.07) is 0. The molecular weight excluding hydrogens is 399 g/mol. The molecule has 0 aromatic carbocycles. The lowest BCUT2D eigenvalue weighted by atomic mass is 9.44. The highest BCUT2D eigenvalue weighted by atomic mass is 35.5. The molecule has 0 amide bonds. The van der Waals surface area contributed by atoms with E-state index in [0.29, 0.717) is 19.3 Å². The fraction of sp³-hybridized carbons (Fsp3) is 0.773. The Bertz CT molecular complexity index is 806. The molecule has 0 aromatic rings. The molecule has 1 N–H and O–H groups in total. The van der Waals surface area contributed by atoms with E-state index in [4.69, 9.17) is 23.2 Å². The van der Waals surface area contributed by atoms with E-state index in [2.05, 4.69) is 0 Å². The van der Waals surface area contributed by atoms with E-state index in [-0.39, 0.29) is 29.3 Å². The number of alkyl halides is 2. The first-order chi connectivity index (χ1) is 13.0. The Morgan fingerprint density at radius 3 is 2.50 bits per heavy atom. The van der Waals surface area contributed by atoms with E-state index in [1.54, 1.807) is 0 Å². The molecule has 0 aromatic heterocycles.